The van der Waals surface area contributed by atoms with Crippen LogP contribution in [0.5, 0.6) is 11.5 Å². The largest absolute Gasteiger partial charge is 0.507 e. The first-order valence-electron chi connectivity index (χ1n) is 13.0. The van der Waals surface area contributed by atoms with E-state index in [1.165, 1.54) is 11.1 Å². The molecular weight excluding hydrogens is 440 g/mol. The highest BCUT2D eigenvalue weighted by Gasteiger charge is 2.19. The number of benzene rings is 1. The van der Waals surface area contributed by atoms with Crippen molar-refractivity contribution >= 4 is 5.97 Å². The highest BCUT2D eigenvalue weighted by Crippen LogP contribution is 2.34. The summed E-state index contributed by atoms with van der Waals surface area (Å²) in [5, 5.41) is 19.5. The van der Waals surface area contributed by atoms with Crippen LogP contribution < -0.4 is 4.74 Å². The third kappa shape index (κ3) is 10.3. The monoisotopic (exact) mass is 484 g/mol. The van der Waals surface area contributed by atoms with E-state index in [1.807, 2.05) is 26.8 Å². The van der Waals surface area contributed by atoms with Crippen LogP contribution in [0.25, 0.3) is 0 Å². The lowest BCUT2D eigenvalue weighted by molar-refractivity contribution is -0.136. The van der Waals surface area contributed by atoms with Gasteiger partial charge in [-0.05, 0) is 103 Å². The van der Waals surface area contributed by atoms with E-state index in [9.17, 15) is 9.90 Å². The zero-order chi connectivity index (χ0) is 25.8. The van der Waals surface area contributed by atoms with Crippen molar-refractivity contribution in [1.82, 2.24) is 0 Å². The van der Waals surface area contributed by atoms with Crippen molar-refractivity contribution < 1.29 is 24.5 Å². The maximum absolute atomic E-state index is 10.7. The van der Waals surface area contributed by atoms with Crippen molar-refractivity contribution in [2.45, 2.75) is 105 Å². The van der Waals surface area contributed by atoms with Gasteiger partial charge in [-0.3, -0.25) is 4.79 Å². The first-order chi connectivity index (χ1) is 16.7. The summed E-state index contributed by atoms with van der Waals surface area (Å²) in [5.41, 5.74) is 6.52. The van der Waals surface area contributed by atoms with Crippen LogP contribution >= 0.6 is 0 Å². The molecule has 2 N–H and O–H groups in total. The van der Waals surface area contributed by atoms with Crippen molar-refractivity contribution in [3.05, 3.63) is 57.7 Å². The smallest absolute Gasteiger partial charge is 0.303 e. The molecular formula is C30H44O5. The number of carbonyl (C=O) groups is 1. The molecule has 5 heteroatoms. The Bertz CT molecular complexity index is 933. The lowest BCUT2D eigenvalue weighted by atomic mass is 9.99. The van der Waals surface area contributed by atoms with Gasteiger partial charge >= 0.3 is 5.97 Å². The highest BCUT2D eigenvalue weighted by atomic mass is 16.7. The van der Waals surface area contributed by atoms with Gasteiger partial charge in [0.2, 0.25) is 0 Å². The van der Waals surface area contributed by atoms with Gasteiger partial charge in [-0.1, -0.05) is 34.9 Å². The van der Waals surface area contributed by atoms with Gasteiger partial charge in [0.1, 0.15) is 11.5 Å². The molecule has 1 unspecified atom stereocenters. The molecule has 194 valence electrons. The Hall–Kier alpha value is -2.53. The number of rotatable bonds is 13. The molecule has 35 heavy (non-hydrogen) atoms. The second-order valence-corrected chi connectivity index (χ2v) is 9.87. The van der Waals surface area contributed by atoms with Crippen molar-refractivity contribution in [3.8, 4) is 11.5 Å². The lowest BCUT2D eigenvalue weighted by Crippen LogP contribution is -2.25. The van der Waals surface area contributed by atoms with E-state index in [0.717, 1.165) is 79.6 Å². The maximum Gasteiger partial charge on any atom is 0.303 e. The van der Waals surface area contributed by atoms with E-state index in [1.54, 1.807) is 0 Å². The van der Waals surface area contributed by atoms with Crippen molar-refractivity contribution in [1.29, 1.82) is 0 Å². The number of ether oxygens (including phenoxy) is 2. The minimum absolute atomic E-state index is 0.198. The van der Waals surface area contributed by atoms with Crippen LogP contribution in [0.15, 0.2) is 41.0 Å². The van der Waals surface area contributed by atoms with Crippen molar-refractivity contribution in [2.24, 2.45) is 0 Å². The van der Waals surface area contributed by atoms with Crippen LogP contribution in [-0.4, -0.2) is 29.1 Å². The van der Waals surface area contributed by atoms with Crippen LogP contribution in [0, 0.1) is 13.8 Å². The molecule has 1 aliphatic rings. The molecule has 0 saturated carbocycles. The second-order valence-electron chi connectivity index (χ2n) is 9.87. The molecule has 1 aliphatic heterocycles. The molecule has 1 fully saturated rings. The minimum Gasteiger partial charge on any atom is -0.507 e. The number of allylic oxidation sites excluding steroid dienone is 6. The molecule has 1 saturated heterocycles. The lowest BCUT2D eigenvalue weighted by Gasteiger charge is -2.25. The molecule has 1 atom stereocenters. The third-order valence-electron chi connectivity index (χ3n) is 6.76. The molecule has 0 amide bonds. The van der Waals surface area contributed by atoms with Crippen LogP contribution in [0.3, 0.4) is 0 Å². The fourth-order valence-electron chi connectivity index (χ4n) is 4.15. The van der Waals surface area contributed by atoms with E-state index in [2.05, 4.69) is 32.1 Å². The summed E-state index contributed by atoms with van der Waals surface area (Å²) in [6.07, 6.45) is 15.0. The fourth-order valence-corrected chi connectivity index (χ4v) is 4.15. The fraction of sp³-hybridized carbons (Fsp3) is 0.567. The van der Waals surface area contributed by atoms with Crippen LogP contribution in [-0.2, 0) is 16.0 Å². The van der Waals surface area contributed by atoms with Gasteiger partial charge in [0, 0.05) is 18.4 Å². The average Bonchev–Trinajstić information content (AvgIpc) is 2.83. The van der Waals surface area contributed by atoms with Gasteiger partial charge in [-0.15, -0.1) is 0 Å². The summed E-state index contributed by atoms with van der Waals surface area (Å²) in [6.45, 7) is 11.0. The van der Waals surface area contributed by atoms with Crippen molar-refractivity contribution in [2.75, 3.05) is 6.61 Å². The number of carboxylic acids is 1. The quantitative estimate of drug-likeness (QED) is 0.280. The maximum atomic E-state index is 10.7. The van der Waals surface area contributed by atoms with Gasteiger partial charge in [-0.2, -0.15) is 0 Å². The van der Waals surface area contributed by atoms with Crippen molar-refractivity contribution in [3.63, 3.8) is 0 Å². The molecule has 0 radical (unpaired) electrons. The van der Waals surface area contributed by atoms with E-state index in [-0.39, 0.29) is 12.7 Å². The Labute approximate surface area is 211 Å². The first kappa shape index (κ1) is 28.7. The molecule has 1 aromatic rings. The van der Waals surface area contributed by atoms with Gasteiger partial charge in [0.25, 0.3) is 0 Å². The summed E-state index contributed by atoms with van der Waals surface area (Å²) in [7, 11) is 0. The van der Waals surface area contributed by atoms with E-state index >= 15 is 0 Å². The van der Waals surface area contributed by atoms with E-state index < -0.39 is 5.97 Å². The zero-order valence-electron chi connectivity index (χ0n) is 22.3. The summed E-state index contributed by atoms with van der Waals surface area (Å²) in [5.74, 6) is 0.415. The van der Waals surface area contributed by atoms with E-state index in [4.69, 9.17) is 14.6 Å². The first-order valence-corrected chi connectivity index (χ1v) is 13.0. The molecule has 1 aromatic carbocycles. The van der Waals surface area contributed by atoms with Gasteiger partial charge in [-0.25, -0.2) is 0 Å². The number of phenolic OH excluding ortho intramolecular Hbond substituents is 1. The summed E-state index contributed by atoms with van der Waals surface area (Å²) in [4.78, 5) is 10.7. The highest BCUT2D eigenvalue weighted by molar-refractivity contribution is 5.67. The summed E-state index contributed by atoms with van der Waals surface area (Å²) >= 11 is 0. The standard InChI is InChI=1S/C30H44O5/c1-21(11-9-13-23(3)16-18-28(31)32)10-8-12-22(2)15-17-26-20-27(24(4)25(5)30(26)33)35-29-14-6-7-19-34-29/h10,13,15,20,29,33H,6-9,11-12,14,16-19H2,1-5H3,(H,31,32)/b21-10+,22-15+,23-13+. The van der Waals surface area contributed by atoms with Gasteiger partial charge in [0.15, 0.2) is 6.29 Å². The number of hydrogen-bond acceptors (Lipinski definition) is 4. The van der Waals surface area contributed by atoms with E-state index in [0.29, 0.717) is 18.6 Å². The van der Waals surface area contributed by atoms with Crippen LogP contribution in [0.4, 0.5) is 0 Å². The SMILES string of the molecule is C/C(=C\CC/C(C)=C/Cc1cc(OC2CCCCO2)c(C)c(C)c1O)CC/C=C(\C)CCC(=O)O. The molecule has 0 spiro atoms. The average molecular weight is 485 g/mol. The summed E-state index contributed by atoms with van der Waals surface area (Å²) < 4.78 is 11.9. The number of aromatic hydroxyl groups is 1. The normalized spacial score (nSPS) is 17.5. The molecule has 2 rings (SSSR count). The summed E-state index contributed by atoms with van der Waals surface area (Å²) in [6, 6.07) is 1.97. The topological polar surface area (TPSA) is 76.0 Å². The zero-order valence-corrected chi connectivity index (χ0v) is 22.3. The number of phenols is 1. The second kappa shape index (κ2) is 14.8. The number of carboxylic acid groups (broad SMARTS) is 1. The predicted molar refractivity (Wildman–Crippen MR) is 142 cm³/mol. The third-order valence-corrected chi connectivity index (χ3v) is 6.76. The predicted octanol–water partition coefficient (Wildman–Crippen LogP) is 7.72. The Morgan fingerprint density at radius 2 is 1.60 bits per heavy atom. The van der Waals surface area contributed by atoms with Crippen LogP contribution in [0.2, 0.25) is 0 Å². The Kier molecular flexibility index (Phi) is 12.1. The number of hydrogen-bond donors (Lipinski definition) is 2. The molecule has 0 aliphatic carbocycles. The molecule has 0 bridgehead atoms. The molecule has 1 heterocycles. The Morgan fingerprint density at radius 1 is 0.971 bits per heavy atom. The number of aliphatic carboxylic acids is 1. The Balaban J connectivity index is 1.87. The van der Waals surface area contributed by atoms with Crippen LogP contribution in [0.1, 0.15) is 95.2 Å². The Morgan fingerprint density at radius 3 is 2.20 bits per heavy atom. The molecule has 0 aromatic heterocycles. The van der Waals surface area contributed by atoms with Gasteiger partial charge < -0.3 is 19.7 Å². The molecule has 5 nitrogen and oxygen atoms in total. The minimum atomic E-state index is -0.743. The van der Waals surface area contributed by atoms with Gasteiger partial charge in [0.05, 0.1) is 6.61 Å².